The Labute approximate surface area is 144 Å². The van der Waals surface area contributed by atoms with E-state index in [0.717, 1.165) is 41.8 Å². The summed E-state index contributed by atoms with van der Waals surface area (Å²) in [6, 6.07) is 5.74. The molecule has 2 amide bonds. The fourth-order valence-corrected chi connectivity index (χ4v) is 3.56. The first kappa shape index (κ1) is 15.4. The van der Waals surface area contributed by atoms with E-state index < -0.39 is 0 Å². The van der Waals surface area contributed by atoms with Gasteiger partial charge in [0.1, 0.15) is 0 Å². The maximum Gasteiger partial charge on any atom is 0.315 e. The average molecular weight is 347 g/mol. The van der Waals surface area contributed by atoms with Gasteiger partial charge in [0.15, 0.2) is 5.82 Å². The summed E-state index contributed by atoms with van der Waals surface area (Å²) in [5.74, 6) is 0.697. The van der Waals surface area contributed by atoms with Crippen LogP contribution in [0.5, 0.6) is 0 Å². The fraction of sp³-hybridized carbons (Fsp3) is 0.500. The van der Waals surface area contributed by atoms with Gasteiger partial charge in [0.25, 0.3) is 0 Å². The van der Waals surface area contributed by atoms with Crippen molar-refractivity contribution in [1.29, 1.82) is 0 Å². The van der Waals surface area contributed by atoms with E-state index in [1.54, 1.807) is 0 Å². The normalized spacial score (nSPS) is 20.5. The van der Waals surface area contributed by atoms with Crippen molar-refractivity contribution in [1.82, 2.24) is 30.8 Å². The lowest BCUT2D eigenvalue weighted by Crippen LogP contribution is -2.39. The second-order valence-corrected chi connectivity index (χ2v) is 6.86. The summed E-state index contributed by atoms with van der Waals surface area (Å²) in [5, 5.41) is 18.5. The number of tetrazole rings is 1. The number of amides is 2. The molecule has 2 N–H and O–H groups in total. The maximum absolute atomic E-state index is 12.4. The Kier molecular flexibility index (Phi) is 3.88. The summed E-state index contributed by atoms with van der Waals surface area (Å²) < 4.78 is 1.82. The van der Waals surface area contributed by atoms with E-state index in [4.69, 9.17) is 11.6 Å². The molecular weight excluding hydrogens is 328 g/mol. The van der Waals surface area contributed by atoms with Crippen molar-refractivity contribution in [3.8, 4) is 0 Å². The molecule has 7 nitrogen and oxygen atoms in total. The lowest BCUT2D eigenvalue weighted by Gasteiger charge is -2.18. The third-order valence-corrected chi connectivity index (χ3v) is 5.02. The zero-order chi connectivity index (χ0) is 16.7. The molecule has 0 radical (unpaired) electrons. The van der Waals surface area contributed by atoms with Crippen LogP contribution in [0.25, 0.3) is 0 Å². The van der Waals surface area contributed by atoms with Gasteiger partial charge in [-0.25, -0.2) is 9.48 Å². The van der Waals surface area contributed by atoms with Crippen LogP contribution < -0.4 is 10.6 Å². The molecule has 0 saturated heterocycles. The molecule has 1 heterocycles. The van der Waals surface area contributed by atoms with E-state index in [1.165, 1.54) is 0 Å². The monoisotopic (exact) mass is 346 g/mol. The largest absolute Gasteiger partial charge is 0.331 e. The highest BCUT2D eigenvalue weighted by atomic mass is 35.5. The van der Waals surface area contributed by atoms with Crippen LogP contribution >= 0.6 is 11.6 Å². The molecule has 0 unspecified atom stereocenters. The standard InChI is InChI=1S/C16H19ClN6O/c1-9(15-20-21-22-23(15)10-5-6-10)18-16(24)19-14-8-7-11-12(14)3-2-4-13(11)17/h2-4,9-10,14H,5-8H2,1H3,(H2,18,19,24)/t9-,14+/m0/s1. The molecule has 126 valence electrons. The molecule has 1 aromatic heterocycles. The number of urea groups is 1. The van der Waals surface area contributed by atoms with E-state index in [-0.39, 0.29) is 18.1 Å². The van der Waals surface area contributed by atoms with Crippen molar-refractivity contribution < 1.29 is 4.79 Å². The number of carbonyl (C=O) groups excluding carboxylic acids is 1. The number of fused-ring (bicyclic) bond motifs is 1. The summed E-state index contributed by atoms with van der Waals surface area (Å²) in [4.78, 5) is 12.4. The number of nitrogens with one attached hydrogen (secondary N) is 2. The number of rotatable bonds is 4. The SMILES string of the molecule is C[C@H](NC(=O)N[C@@H]1CCc2c(Cl)cccc21)c1nnnn1C1CC1. The quantitative estimate of drug-likeness (QED) is 0.891. The molecule has 24 heavy (non-hydrogen) atoms. The second-order valence-electron chi connectivity index (χ2n) is 6.45. The van der Waals surface area contributed by atoms with E-state index in [0.29, 0.717) is 11.9 Å². The number of aromatic nitrogens is 4. The minimum Gasteiger partial charge on any atom is -0.331 e. The Bertz CT molecular complexity index is 772. The van der Waals surface area contributed by atoms with Crippen molar-refractivity contribution in [3.05, 3.63) is 40.2 Å². The molecule has 0 spiro atoms. The molecule has 2 aromatic rings. The molecule has 1 aromatic carbocycles. The van der Waals surface area contributed by atoms with Gasteiger partial charge in [-0.3, -0.25) is 0 Å². The van der Waals surface area contributed by atoms with Crippen molar-refractivity contribution in [3.63, 3.8) is 0 Å². The minimum atomic E-state index is -0.249. The van der Waals surface area contributed by atoms with Crippen LogP contribution in [0.15, 0.2) is 18.2 Å². The number of hydrogen-bond donors (Lipinski definition) is 2. The number of halogens is 1. The van der Waals surface area contributed by atoms with E-state index in [9.17, 15) is 4.79 Å². The van der Waals surface area contributed by atoms with Crippen molar-refractivity contribution in [2.24, 2.45) is 0 Å². The first-order chi connectivity index (χ1) is 11.6. The smallest absolute Gasteiger partial charge is 0.315 e. The first-order valence-electron chi connectivity index (χ1n) is 8.25. The minimum absolute atomic E-state index is 0.00896. The maximum atomic E-state index is 12.4. The van der Waals surface area contributed by atoms with Gasteiger partial charge in [0.05, 0.1) is 18.1 Å². The van der Waals surface area contributed by atoms with Gasteiger partial charge in [0, 0.05) is 5.02 Å². The highest BCUT2D eigenvalue weighted by Crippen LogP contribution is 2.36. The van der Waals surface area contributed by atoms with Crippen molar-refractivity contribution in [2.45, 2.75) is 50.7 Å². The van der Waals surface area contributed by atoms with Crippen LogP contribution in [0, 0.1) is 0 Å². The predicted octanol–water partition coefficient (Wildman–Crippen LogP) is 2.71. The van der Waals surface area contributed by atoms with E-state index in [2.05, 4.69) is 26.2 Å². The number of nitrogens with zero attached hydrogens (tertiary/aromatic N) is 4. The van der Waals surface area contributed by atoms with Gasteiger partial charge >= 0.3 is 6.03 Å². The first-order valence-corrected chi connectivity index (χ1v) is 8.63. The molecule has 8 heteroatoms. The summed E-state index contributed by atoms with van der Waals surface area (Å²) >= 11 is 6.22. The zero-order valence-electron chi connectivity index (χ0n) is 13.4. The average Bonchev–Trinajstić information content (AvgIpc) is 3.13. The van der Waals surface area contributed by atoms with Crippen LogP contribution in [-0.4, -0.2) is 26.2 Å². The summed E-state index contributed by atoms with van der Waals surface area (Å²) in [6.45, 7) is 1.89. The summed E-state index contributed by atoms with van der Waals surface area (Å²) in [7, 11) is 0. The Morgan fingerprint density at radius 3 is 3.00 bits per heavy atom. The Morgan fingerprint density at radius 2 is 2.21 bits per heavy atom. The number of carbonyl (C=O) groups is 1. The van der Waals surface area contributed by atoms with Crippen LogP contribution in [0.2, 0.25) is 5.02 Å². The van der Waals surface area contributed by atoms with E-state index >= 15 is 0 Å². The molecule has 2 atom stereocenters. The third-order valence-electron chi connectivity index (χ3n) is 4.66. The topological polar surface area (TPSA) is 84.7 Å². The summed E-state index contributed by atoms with van der Waals surface area (Å²) in [6.07, 6.45) is 3.93. The highest BCUT2D eigenvalue weighted by molar-refractivity contribution is 6.31. The van der Waals surface area contributed by atoms with Crippen LogP contribution in [0.1, 0.15) is 61.3 Å². The van der Waals surface area contributed by atoms with Crippen LogP contribution in [-0.2, 0) is 6.42 Å². The lowest BCUT2D eigenvalue weighted by molar-refractivity contribution is 0.233. The highest BCUT2D eigenvalue weighted by Gasteiger charge is 2.30. The van der Waals surface area contributed by atoms with Gasteiger partial charge in [-0.1, -0.05) is 23.7 Å². The lowest BCUT2D eigenvalue weighted by atomic mass is 10.1. The number of benzene rings is 1. The second kappa shape index (κ2) is 6.05. The third kappa shape index (κ3) is 2.84. The molecule has 2 aliphatic carbocycles. The predicted molar refractivity (Wildman–Crippen MR) is 88.7 cm³/mol. The van der Waals surface area contributed by atoms with Gasteiger partial charge in [-0.05, 0) is 60.2 Å². The van der Waals surface area contributed by atoms with Crippen LogP contribution in [0.3, 0.4) is 0 Å². The molecule has 2 aliphatic rings. The summed E-state index contributed by atoms with van der Waals surface area (Å²) in [5.41, 5.74) is 2.24. The van der Waals surface area contributed by atoms with E-state index in [1.807, 2.05) is 29.8 Å². The van der Waals surface area contributed by atoms with Gasteiger partial charge in [-0.2, -0.15) is 0 Å². The zero-order valence-corrected chi connectivity index (χ0v) is 14.1. The number of hydrogen-bond acceptors (Lipinski definition) is 4. The van der Waals surface area contributed by atoms with Crippen LogP contribution in [0.4, 0.5) is 4.79 Å². The molecule has 4 rings (SSSR count). The van der Waals surface area contributed by atoms with Crippen molar-refractivity contribution in [2.75, 3.05) is 0 Å². The molecule has 0 bridgehead atoms. The fourth-order valence-electron chi connectivity index (χ4n) is 3.29. The molecule has 0 aliphatic heterocycles. The van der Waals surface area contributed by atoms with Gasteiger partial charge in [0.2, 0.25) is 0 Å². The molecule has 1 saturated carbocycles. The molecular formula is C16H19ClN6O. The Hall–Kier alpha value is -2.15. The van der Waals surface area contributed by atoms with Gasteiger partial charge in [-0.15, -0.1) is 5.10 Å². The molecule has 1 fully saturated rings. The van der Waals surface area contributed by atoms with Crippen molar-refractivity contribution >= 4 is 17.6 Å². The Balaban J connectivity index is 1.41. The van der Waals surface area contributed by atoms with Gasteiger partial charge < -0.3 is 10.6 Å². The Morgan fingerprint density at radius 1 is 1.38 bits per heavy atom.